The fraction of sp³-hybridized carbons (Fsp3) is 0.423. The Labute approximate surface area is 165 Å². The van der Waals surface area contributed by atoms with Crippen LogP contribution in [0.5, 0.6) is 0 Å². The highest BCUT2D eigenvalue weighted by atomic mass is 15.1. The summed E-state index contributed by atoms with van der Waals surface area (Å²) in [7, 11) is 0. The summed E-state index contributed by atoms with van der Waals surface area (Å²) in [5.74, 6) is 0. The minimum atomic E-state index is 0.0363. The third-order valence-electron chi connectivity index (χ3n) is 6.59. The predicted molar refractivity (Wildman–Crippen MR) is 117 cm³/mol. The molecule has 1 atom stereocenters. The summed E-state index contributed by atoms with van der Waals surface area (Å²) in [5, 5.41) is 0. The van der Waals surface area contributed by atoms with Crippen molar-refractivity contribution in [3.63, 3.8) is 0 Å². The van der Waals surface area contributed by atoms with Crippen molar-refractivity contribution in [2.75, 3.05) is 6.54 Å². The summed E-state index contributed by atoms with van der Waals surface area (Å²) in [4.78, 5) is 0. The van der Waals surface area contributed by atoms with Gasteiger partial charge in [-0.15, -0.1) is 0 Å². The van der Waals surface area contributed by atoms with Crippen molar-refractivity contribution < 1.29 is 4.58 Å². The van der Waals surface area contributed by atoms with E-state index in [0.717, 1.165) is 19.4 Å². The monoisotopic (exact) mass is 360 g/mol. The lowest BCUT2D eigenvalue weighted by atomic mass is 9.71. The Bertz CT molecular complexity index is 870. The molecule has 0 fully saturated rings. The first-order valence-corrected chi connectivity index (χ1v) is 10.3. The van der Waals surface area contributed by atoms with Crippen LogP contribution in [0, 0.1) is 6.92 Å². The topological polar surface area (TPSA) is 3.01 Å². The molecule has 2 aromatic carbocycles. The second-order valence-electron chi connectivity index (χ2n) is 8.67. The maximum Gasteiger partial charge on any atom is 0.207 e. The molecule has 2 aromatic rings. The summed E-state index contributed by atoms with van der Waals surface area (Å²) in [6, 6.07) is 19.8. The first-order chi connectivity index (χ1) is 12.8. The van der Waals surface area contributed by atoms with Crippen molar-refractivity contribution in [2.45, 2.75) is 65.3 Å². The highest BCUT2D eigenvalue weighted by Crippen LogP contribution is 2.39. The zero-order valence-corrected chi connectivity index (χ0v) is 17.8. The zero-order chi connectivity index (χ0) is 19.7. The number of benzene rings is 2. The van der Waals surface area contributed by atoms with Crippen LogP contribution in [0.2, 0.25) is 0 Å². The number of hydrogen-bond donors (Lipinski definition) is 0. The molecule has 0 N–H and O–H groups in total. The van der Waals surface area contributed by atoms with Gasteiger partial charge in [-0.05, 0) is 56.9 Å². The van der Waals surface area contributed by atoms with E-state index in [1.807, 2.05) is 0 Å². The molecular formula is C26H34N+. The molecule has 1 aliphatic rings. The quantitative estimate of drug-likeness (QED) is 0.551. The van der Waals surface area contributed by atoms with Crippen molar-refractivity contribution in [3.8, 4) is 0 Å². The van der Waals surface area contributed by atoms with Crippen molar-refractivity contribution in [1.29, 1.82) is 0 Å². The second kappa shape index (κ2) is 7.46. The van der Waals surface area contributed by atoms with Gasteiger partial charge >= 0.3 is 0 Å². The first kappa shape index (κ1) is 19.6. The van der Waals surface area contributed by atoms with Crippen LogP contribution in [-0.2, 0) is 5.41 Å². The van der Waals surface area contributed by atoms with Crippen LogP contribution < -0.4 is 0 Å². The summed E-state index contributed by atoms with van der Waals surface area (Å²) < 4.78 is 2.65. The van der Waals surface area contributed by atoms with Crippen LogP contribution in [0.1, 0.15) is 64.2 Å². The van der Waals surface area contributed by atoms with E-state index in [1.54, 1.807) is 0 Å². The van der Waals surface area contributed by atoms with E-state index < -0.39 is 0 Å². The van der Waals surface area contributed by atoms with Gasteiger partial charge in [-0.3, -0.25) is 0 Å². The average Bonchev–Trinajstić information content (AvgIpc) is 2.69. The molecule has 0 radical (unpaired) electrons. The Morgan fingerprint density at radius 2 is 1.59 bits per heavy atom. The van der Waals surface area contributed by atoms with Gasteiger partial charge < -0.3 is 0 Å². The maximum absolute atomic E-state index is 2.65. The molecule has 0 saturated heterocycles. The molecule has 0 aliphatic carbocycles. The number of rotatable bonds is 5. The van der Waals surface area contributed by atoms with E-state index in [-0.39, 0.29) is 11.0 Å². The molecule has 1 nitrogen and oxygen atoms in total. The van der Waals surface area contributed by atoms with E-state index in [2.05, 4.69) is 107 Å². The Balaban J connectivity index is 2.26. The summed E-state index contributed by atoms with van der Waals surface area (Å²) >= 11 is 0. The average molecular weight is 361 g/mol. The van der Waals surface area contributed by atoms with Gasteiger partial charge in [-0.1, -0.05) is 62.4 Å². The summed E-state index contributed by atoms with van der Waals surface area (Å²) in [5.41, 5.74) is 7.16. The van der Waals surface area contributed by atoms with Gasteiger partial charge in [0.25, 0.3) is 0 Å². The van der Waals surface area contributed by atoms with E-state index >= 15 is 0 Å². The second-order valence-corrected chi connectivity index (χ2v) is 8.67. The Hall–Kier alpha value is -2.15. The summed E-state index contributed by atoms with van der Waals surface area (Å²) in [6.07, 6.45) is 4.67. The van der Waals surface area contributed by atoms with Gasteiger partial charge in [-0.2, -0.15) is 0 Å². The molecule has 1 unspecified atom stereocenters. The van der Waals surface area contributed by atoms with E-state index in [4.69, 9.17) is 0 Å². The predicted octanol–water partition coefficient (Wildman–Crippen LogP) is 6.29. The van der Waals surface area contributed by atoms with Crippen LogP contribution in [0.4, 0.5) is 0 Å². The Morgan fingerprint density at radius 3 is 2.19 bits per heavy atom. The van der Waals surface area contributed by atoms with Crippen LogP contribution in [-0.4, -0.2) is 22.4 Å². The third-order valence-corrected chi connectivity index (χ3v) is 6.59. The van der Waals surface area contributed by atoms with Gasteiger partial charge in [0, 0.05) is 18.1 Å². The zero-order valence-electron chi connectivity index (χ0n) is 17.8. The Kier molecular flexibility index (Phi) is 5.42. The van der Waals surface area contributed by atoms with Crippen LogP contribution in [0.25, 0.3) is 0 Å². The third kappa shape index (κ3) is 3.52. The lowest BCUT2D eigenvalue weighted by Gasteiger charge is -2.38. The molecule has 0 aromatic heterocycles. The molecule has 1 heterocycles. The van der Waals surface area contributed by atoms with E-state index in [0.29, 0.717) is 0 Å². The molecule has 0 amide bonds. The molecule has 0 spiro atoms. The molecule has 142 valence electrons. The van der Waals surface area contributed by atoms with Gasteiger partial charge in [0.1, 0.15) is 0 Å². The van der Waals surface area contributed by atoms with E-state index in [9.17, 15) is 0 Å². The number of nitrogens with zero attached hydrogens (tertiary/aromatic N) is 1. The molecule has 27 heavy (non-hydrogen) atoms. The standard InChI is InChI=1S/C26H34N/c1-7-21-18-24(23-17-13-12-14-20(23)3)27(25(4,5)8-2)19-26(21,6)22-15-10-9-11-16-22/h9-18H,7-8,19H2,1-6H3/q+1. The molecule has 0 saturated carbocycles. The van der Waals surface area contributed by atoms with Crippen molar-refractivity contribution in [2.24, 2.45) is 0 Å². The highest BCUT2D eigenvalue weighted by molar-refractivity contribution is 6.07. The smallest absolute Gasteiger partial charge is 0.207 e. The first-order valence-electron chi connectivity index (χ1n) is 10.3. The molecular weight excluding hydrogens is 326 g/mol. The van der Waals surface area contributed by atoms with Gasteiger partial charge in [0.2, 0.25) is 5.71 Å². The number of allylic oxidation sites excluding steroid dienone is 1. The lowest BCUT2D eigenvalue weighted by Crippen LogP contribution is -2.50. The number of hydrogen-bond acceptors (Lipinski definition) is 0. The molecule has 1 aliphatic heterocycles. The van der Waals surface area contributed by atoms with Crippen LogP contribution in [0.3, 0.4) is 0 Å². The van der Waals surface area contributed by atoms with E-state index in [1.165, 1.54) is 28.0 Å². The minimum Gasteiger partial charge on any atom is -0.223 e. The number of aryl methyl sites for hydroxylation is 1. The maximum atomic E-state index is 2.65. The van der Waals surface area contributed by atoms with Crippen molar-refractivity contribution in [3.05, 3.63) is 82.9 Å². The van der Waals surface area contributed by atoms with Crippen LogP contribution in [0.15, 0.2) is 66.2 Å². The molecule has 0 bridgehead atoms. The Morgan fingerprint density at radius 1 is 0.963 bits per heavy atom. The van der Waals surface area contributed by atoms with Gasteiger partial charge in [0.15, 0.2) is 12.1 Å². The minimum absolute atomic E-state index is 0.0363. The van der Waals surface area contributed by atoms with Gasteiger partial charge in [0.05, 0.1) is 5.41 Å². The normalized spacial score (nSPS) is 20.6. The van der Waals surface area contributed by atoms with Crippen LogP contribution >= 0.6 is 0 Å². The summed E-state index contributed by atoms with van der Waals surface area (Å²) in [6.45, 7) is 15.0. The van der Waals surface area contributed by atoms with Crippen molar-refractivity contribution in [1.82, 2.24) is 0 Å². The fourth-order valence-corrected chi connectivity index (χ4v) is 4.29. The van der Waals surface area contributed by atoms with Crippen molar-refractivity contribution >= 4 is 5.71 Å². The van der Waals surface area contributed by atoms with Gasteiger partial charge in [-0.25, -0.2) is 4.58 Å². The largest absolute Gasteiger partial charge is 0.223 e. The molecule has 1 heteroatoms. The lowest BCUT2D eigenvalue weighted by molar-refractivity contribution is -0.608. The fourth-order valence-electron chi connectivity index (χ4n) is 4.29. The molecule has 3 rings (SSSR count). The SMILES string of the molecule is CCC1=CC(c2ccccc2C)=[N+](C(C)(C)CC)CC1(C)c1ccccc1. The highest BCUT2D eigenvalue weighted by Gasteiger charge is 2.44.